The Morgan fingerprint density at radius 2 is 1.55 bits per heavy atom. The van der Waals surface area contributed by atoms with E-state index in [0.29, 0.717) is 0 Å². The Balaban J connectivity index is 1.96. The van der Waals surface area contributed by atoms with Gasteiger partial charge in [0.05, 0.1) is 0 Å². The molecule has 0 radical (unpaired) electrons. The number of hydrogen-bond acceptors (Lipinski definition) is 2. The molecule has 1 N–H and O–H groups in total. The molecule has 126 valence electrons. The zero-order valence-electron chi connectivity index (χ0n) is 14.3. The van der Waals surface area contributed by atoms with Gasteiger partial charge in [-0.1, -0.05) is 39.5 Å². The standard InChI is InChI=1S/C18H32N2O2/c1-3-13-20(14-4-2)17(22)18(11-12-18)16(21)19-15-9-7-5-6-8-10-15/h15H,3-14H2,1-2H3,(H,19,21). The van der Waals surface area contributed by atoms with Crippen LogP contribution in [0.4, 0.5) is 0 Å². The molecule has 0 saturated heterocycles. The Labute approximate surface area is 135 Å². The van der Waals surface area contributed by atoms with Crippen molar-refractivity contribution >= 4 is 11.8 Å². The highest BCUT2D eigenvalue weighted by Crippen LogP contribution is 2.47. The number of rotatable bonds is 7. The van der Waals surface area contributed by atoms with Crippen LogP contribution < -0.4 is 5.32 Å². The molecule has 0 unspecified atom stereocenters. The molecule has 4 heteroatoms. The highest BCUT2D eigenvalue weighted by molar-refractivity contribution is 6.07. The van der Waals surface area contributed by atoms with E-state index < -0.39 is 5.41 Å². The van der Waals surface area contributed by atoms with E-state index in [1.807, 2.05) is 4.90 Å². The first-order chi connectivity index (χ1) is 10.6. The molecule has 0 aliphatic heterocycles. The summed E-state index contributed by atoms with van der Waals surface area (Å²) in [6.45, 7) is 5.71. The maximum Gasteiger partial charge on any atom is 0.238 e. The molecular formula is C18H32N2O2. The SMILES string of the molecule is CCCN(CCC)C(=O)C1(C(=O)NC2CCCCCC2)CC1. The molecule has 2 amide bonds. The lowest BCUT2D eigenvalue weighted by atomic mass is 10.0. The van der Waals surface area contributed by atoms with E-state index >= 15 is 0 Å². The Kier molecular flexibility index (Phi) is 6.27. The van der Waals surface area contributed by atoms with Crippen LogP contribution in [-0.4, -0.2) is 35.8 Å². The minimum Gasteiger partial charge on any atom is -0.352 e. The van der Waals surface area contributed by atoms with Crippen molar-refractivity contribution in [3.05, 3.63) is 0 Å². The predicted octanol–water partition coefficient (Wildman–Crippen LogP) is 3.25. The van der Waals surface area contributed by atoms with Gasteiger partial charge in [-0.3, -0.25) is 9.59 Å². The van der Waals surface area contributed by atoms with Gasteiger partial charge in [-0.2, -0.15) is 0 Å². The summed E-state index contributed by atoms with van der Waals surface area (Å²) in [7, 11) is 0. The first-order valence-corrected chi connectivity index (χ1v) is 9.24. The van der Waals surface area contributed by atoms with Gasteiger partial charge in [-0.05, 0) is 38.5 Å². The molecule has 4 nitrogen and oxygen atoms in total. The van der Waals surface area contributed by atoms with Gasteiger partial charge >= 0.3 is 0 Å². The minimum absolute atomic E-state index is 0.00149. The molecule has 0 bridgehead atoms. The van der Waals surface area contributed by atoms with Gasteiger partial charge in [0.2, 0.25) is 11.8 Å². The van der Waals surface area contributed by atoms with E-state index in [-0.39, 0.29) is 17.9 Å². The van der Waals surface area contributed by atoms with Crippen molar-refractivity contribution in [2.24, 2.45) is 5.41 Å². The zero-order valence-corrected chi connectivity index (χ0v) is 14.3. The molecule has 0 spiro atoms. The van der Waals surface area contributed by atoms with Gasteiger partial charge in [-0.15, -0.1) is 0 Å². The number of carbonyl (C=O) groups excluding carboxylic acids is 2. The minimum atomic E-state index is -0.726. The highest BCUT2D eigenvalue weighted by Gasteiger charge is 2.58. The molecular weight excluding hydrogens is 276 g/mol. The van der Waals surface area contributed by atoms with Crippen molar-refractivity contribution in [1.82, 2.24) is 10.2 Å². The average Bonchev–Trinajstić information content (AvgIpc) is 3.32. The summed E-state index contributed by atoms with van der Waals surface area (Å²) in [4.78, 5) is 27.4. The van der Waals surface area contributed by atoms with E-state index in [0.717, 1.165) is 51.6 Å². The fourth-order valence-electron chi connectivity index (χ4n) is 3.57. The molecule has 22 heavy (non-hydrogen) atoms. The van der Waals surface area contributed by atoms with Gasteiger partial charge in [0.15, 0.2) is 0 Å². The van der Waals surface area contributed by atoms with Crippen molar-refractivity contribution in [3.63, 3.8) is 0 Å². The van der Waals surface area contributed by atoms with Crippen molar-refractivity contribution in [2.45, 2.75) is 84.1 Å². The molecule has 0 aromatic heterocycles. The third-order valence-corrected chi connectivity index (χ3v) is 5.06. The second-order valence-corrected chi connectivity index (χ2v) is 7.04. The second kappa shape index (κ2) is 7.98. The molecule has 0 atom stereocenters. The lowest BCUT2D eigenvalue weighted by molar-refractivity contribution is -0.144. The third-order valence-electron chi connectivity index (χ3n) is 5.06. The maximum atomic E-state index is 12.8. The van der Waals surface area contributed by atoms with Crippen LogP contribution in [0.15, 0.2) is 0 Å². The first kappa shape index (κ1) is 17.3. The smallest absolute Gasteiger partial charge is 0.238 e. The molecule has 0 aromatic rings. The van der Waals surface area contributed by atoms with Crippen LogP contribution in [0.3, 0.4) is 0 Å². The quantitative estimate of drug-likeness (QED) is 0.580. The fraction of sp³-hybridized carbons (Fsp3) is 0.889. The molecule has 0 aromatic carbocycles. The topological polar surface area (TPSA) is 49.4 Å². The zero-order chi connectivity index (χ0) is 16.0. The van der Waals surface area contributed by atoms with Crippen LogP contribution in [0.5, 0.6) is 0 Å². The lowest BCUT2D eigenvalue weighted by Crippen LogP contribution is -2.48. The number of carbonyl (C=O) groups is 2. The summed E-state index contributed by atoms with van der Waals surface area (Å²) in [6, 6.07) is 0.283. The molecule has 2 aliphatic rings. The van der Waals surface area contributed by atoms with Crippen LogP contribution in [0.2, 0.25) is 0 Å². The van der Waals surface area contributed by atoms with Crippen LogP contribution in [0, 0.1) is 5.41 Å². The van der Waals surface area contributed by atoms with Gasteiger partial charge in [0, 0.05) is 19.1 Å². The van der Waals surface area contributed by atoms with Crippen molar-refractivity contribution in [3.8, 4) is 0 Å². The number of nitrogens with zero attached hydrogens (tertiary/aromatic N) is 1. The Hall–Kier alpha value is -1.06. The van der Waals surface area contributed by atoms with Crippen LogP contribution in [-0.2, 0) is 9.59 Å². The van der Waals surface area contributed by atoms with Crippen molar-refractivity contribution in [1.29, 1.82) is 0 Å². The molecule has 2 aliphatic carbocycles. The summed E-state index contributed by atoms with van der Waals surface area (Å²) < 4.78 is 0. The van der Waals surface area contributed by atoms with Crippen LogP contribution in [0.25, 0.3) is 0 Å². The van der Waals surface area contributed by atoms with Gasteiger partial charge < -0.3 is 10.2 Å². The number of hydrogen-bond donors (Lipinski definition) is 1. The Morgan fingerprint density at radius 1 is 1.00 bits per heavy atom. The van der Waals surface area contributed by atoms with Gasteiger partial charge in [-0.25, -0.2) is 0 Å². The van der Waals surface area contributed by atoms with Crippen molar-refractivity contribution < 1.29 is 9.59 Å². The molecule has 2 fully saturated rings. The molecule has 0 heterocycles. The third kappa shape index (κ3) is 4.02. The van der Waals surface area contributed by atoms with Crippen LogP contribution >= 0.6 is 0 Å². The molecule has 2 rings (SSSR count). The largest absolute Gasteiger partial charge is 0.352 e. The fourth-order valence-corrected chi connectivity index (χ4v) is 3.57. The molecule has 2 saturated carbocycles. The van der Waals surface area contributed by atoms with E-state index in [9.17, 15) is 9.59 Å². The number of amides is 2. The summed E-state index contributed by atoms with van der Waals surface area (Å²) in [5.41, 5.74) is -0.726. The van der Waals surface area contributed by atoms with E-state index in [1.165, 1.54) is 25.7 Å². The number of nitrogens with one attached hydrogen (secondary N) is 1. The van der Waals surface area contributed by atoms with E-state index in [2.05, 4.69) is 19.2 Å². The van der Waals surface area contributed by atoms with E-state index in [1.54, 1.807) is 0 Å². The maximum absolute atomic E-state index is 12.8. The average molecular weight is 308 g/mol. The highest BCUT2D eigenvalue weighted by atomic mass is 16.2. The summed E-state index contributed by atoms with van der Waals surface area (Å²) in [5.74, 6) is 0.0731. The predicted molar refractivity (Wildman–Crippen MR) is 88.5 cm³/mol. The summed E-state index contributed by atoms with van der Waals surface area (Å²) >= 11 is 0. The van der Waals surface area contributed by atoms with Gasteiger partial charge in [0.25, 0.3) is 0 Å². The normalized spacial score (nSPS) is 21.0. The Morgan fingerprint density at radius 3 is 2.00 bits per heavy atom. The second-order valence-electron chi connectivity index (χ2n) is 7.04. The monoisotopic (exact) mass is 308 g/mol. The summed E-state index contributed by atoms with van der Waals surface area (Å²) in [6.07, 6.45) is 10.5. The van der Waals surface area contributed by atoms with Gasteiger partial charge in [0.1, 0.15) is 5.41 Å². The summed E-state index contributed by atoms with van der Waals surface area (Å²) in [5, 5.41) is 3.20. The van der Waals surface area contributed by atoms with Crippen molar-refractivity contribution in [2.75, 3.05) is 13.1 Å². The van der Waals surface area contributed by atoms with Crippen LogP contribution in [0.1, 0.15) is 78.1 Å². The first-order valence-electron chi connectivity index (χ1n) is 9.24. The Bertz CT molecular complexity index is 377. The lowest BCUT2D eigenvalue weighted by Gasteiger charge is -2.27. The van der Waals surface area contributed by atoms with E-state index in [4.69, 9.17) is 0 Å².